The van der Waals surface area contributed by atoms with E-state index in [1.807, 2.05) is 0 Å². The summed E-state index contributed by atoms with van der Waals surface area (Å²) in [4.78, 5) is 33.0. The van der Waals surface area contributed by atoms with E-state index in [0.29, 0.717) is 27.8 Å². The molecule has 2 heterocycles. The molecule has 0 radical (unpaired) electrons. The number of esters is 1. The number of thioether (sulfide) groups is 1. The lowest BCUT2D eigenvalue weighted by Crippen LogP contribution is -2.30. The molecular weight excluding hydrogens is 433 g/mol. The number of phenolic OH excluding ortho intramolecular Hbond substituents is 1. The Morgan fingerprint density at radius 1 is 1.22 bits per heavy atom. The van der Waals surface area contributed by atoms with Gasteiger partial charge in [0.2, 0.25) is 0 Å². The number of hydrogen-bond acceptors (Lipinski definition) is 7. The van der Waals surface area contributed by atoms with Gasteiger partial charge in [-0.15, -0.1) is 0 Å². The topological polar surface area (TPSA) is 104 Å². The van der Waals surface area contributed by atoms with Gasteiger partial charge in [-0.25, -0.2) is 14.2 Å². The lowest BCUT2D eigenvalue weighted by Gasteiger charge is -2.28. The first-order valence-electron chi connectivity index (χ1n) is 9.74. The van der Waals surface area contributed by atoms with Gasteiger partial charge in [0.25, 0.3) is 5.56 Å². The second-order valence-corrected chi connectivity index (χ2v) is 8.16. The summed E-state index contributed by atoms with van der Waals surface area (Å²) in [5.41, 5.74) is 1.75. The van der Waals surface area contributed by atoms with Crippen molar-refractivity contribution in [2.75, 3.05) is 12.4 Å². The maximum absolute atomic E-state index is 13.9. The number of allylic oxidation sites excluding steroid dienone is 1. The summed E-state index contributed by atoms with van der Waals surface area (Å²) >= 11 is 1.20. The molecule has 0 saturated carbocycles. The molecule has 1 aliphatic rings. The van der Waals surface area contributed by atoms with E-state index in [1.165, 1.54) is 37.1 Å². The highest BCUT2D eigenvalue weighted by atomic mass is 32.2. The van der Waals surface area contributed by atoms with Crippen LogP contribution in [0, 0.1) is 5.82 Å². The summed E-state index contributed by atoms with van der Waals surface area (Å²) < 4.78 is 18.9. The molecule has 0 bridgehead atoms. The molecule has 1 unspecified atom stereocenters. The van der Waals surface area contributed by atoms with Crippen molar-refractivity contribution < 1.29 is 19.0 Å². The van der Waals surface area contributed by atoms with E-state index in [9.17, 15) is 19.1 Å². The van der Waals surface area contributed by atoms with Crippen molar-refractivity contribution in [3.8, 4) is 5.75 Å². The number of aromatic nitrogens is 2. The van der Waals surface area contributed by atoms with E-state index in [1.54, 1.807) is 37.3 Å². The minimum absolute atomic E-state index is 0.0650. The summed E-state index contributed by atoms with van der Waals surface area (Å²) in [6.07, 6.45) is 0. The molecule has 32 heavy (non-hydrogen) atoms. The van der Waals surface area contributed by atoms with E-state index in [4.69, 9.17) is 4.74 Å². The maximum atomic E-state index is 13.9. The van der Waals surface area contributed by atoms with Crippen molar-refractivity contribution in [2.24, 2.45) is 0 Å². The highest BCUT2D eigenvalue weighted by Gasteiger charge is 2.36. The van der Waals surface area contributed by atoms with Gasteiger partial charge in [-0.3, -0.25) is 4.79 Å². The molecule has 1 aromatic heterocycles. The number of nitrogens with one attached hydrogen (secondary N) is 2. The number of anilines is 1. The molecule has 4 rings (SSSR count). The fourth-order valence-electron chi connectivity index (χ4n) is 3.64. The van der Waals surface area contributed by atoms with Crippen LogP contribution in [0.5, 0.6) is 5.75 Å². The number of carbonyl (C=O) groups excluding carboxylic acids is 1. The number of fused-ring (bicyclic) bond motifs is 1. The summed E-state index contributed by atoms with van der Waals surface area (Å²) in [6.45, 7) is 1.71. The van der Waals surface area contributed by atoms with Gasteiger partial charge in [0.1, 0.15) is 17.4 Å². The zero-order valence-corrected chi connectivity index (χ0v) is 18.1. The minimum Gasteiger partial charge on any atom is -0.508 e. The molecule has 164 valence electrons. The van der Waals surface area contributed by atoms with E-state index >= 15 is 0 Å². The van der Waals surface area contributed by atoms with Gasteiger partial charge in [0, 0.05) is 11.4 Å². The van der Waals surface area contributed by atoms with Gasteiger partial charge in [-0.05, 0) is 36.2 Å². The molecule has 3 N–H and O–H groups in total. The summed E-state index contributed by atoms with van der Waals surface area (Å²) in [5.74, 6) is -0.967. The third-order valence-corrected chi connectivity index (χ3v) is 6.10. The van der Waals surface area contributed by atoms with Gasteiger partial charge < -0.3 is 20.1 Å². The van der Waals surface area contributed by atoms with Gasteiger partial charge in [-0.1, -0.05) is 42.1 Å². The van der Waals surface area contributed by atoms with Crippen molar-refractivity contribution in [3.63, 3.8) is 0 Å². The Morgan fingerprint density at radius 3 is 2.62 bits per heavy atom. The average Bonchev–Trinajstić information content (AvgIpc) is 2.77. The van der Waals surface area contributed by atoms with Gasteiger partial charge >= 0.3 is 5.97 Å². The van der Waals surface area contributed by atoms with Crippen LogP contribution in [0.4, 0.5) is 10.2 Å². The predicted octanol–water partition coefficient (Wildman–Crippen LogP) is 3.91. The molecule has 7 nitrogen and oxygen atoms in total. The van der Waals surface area contributed by atoms with Crippen LogP contribution in [-0.4, -0.2) is 28.2 Å². The van der Waals surface area contributed by atoms with Crippen LogP contribution >= 0.6 is 11.8 Å². The average molecular weight is 453 g/mol. The SMILES string of the molecule is COC(=O)C1=C(C)Nc2nc(SCc3ccccc3F)[nH]c(=O)c2C1c1ccc(O)cc1. The minimum atomic E-state index is -0.735. The number of rotatable bonds is 5. The Bertz CT molecular complexity index is 1270. The quantitative estimate of drug-likeness (QED) is 0.306. The monoisotopic (exact) mass is 453 g/mol. The third kappa shape index (κ3) is 4.11. The predicted molar refractivity (Wildman–Crippen MR) is 119 cm³/mol. The van der Waals surface area contributed by atoms with E-state index in [0.717, 1.165) is 0 Å². The maximum Gasteiger partial charge on any atom is 0.336 e. The summed E-state index contributed by atoms with van der Waals surface area (Å²) in [6, 6.07) is 12.7. The number of aromatic amines is 1. The Hall–Kier alpha value is -3.59. The van der Waals surface area contributed by atoms with Crippen LogP contribution in [-0.2, 0) is 15.3 Å². The number of phenols is 1. The van der Waals surface area contributed by atoms with Crippen LogP contribution in [0.15, 0.2) is 69.8 Å². The second-order valence-electron chi connectivity index (χ2n) is 7.19. The number of carbonyl (C=O) groups is 1. The number of nitrogens with zero attached hydrogens (tertiary/aromatic N) is 1. The molecule has 2 aromatic carbocycles. The van der Waals surface area contributed by atoms with Crippen molar-refractivity contribution in [2.45, 2.75) is 23.8 Å². The van der Waals surface area contributed by atoms with Crippen LogP contribution in [0.3, 0.4) is 0 Å². The number of halogens is 1. The van der Waals surface area contributed by atoms with Crippen molar-refractivity contribution in [1.82, 2.24) is 9.97 Å². The van der Waals surface area contributed by atoms with Gasteiger partial charge in [0.05, 0.1) is 24.2 Å². The number of methoxy groups -OCH3 is 1. The van der Waals surface area contributed by atoms with E-state index < -0.39 is 17.4 Å². The first kappa shape index (κ1) is 21.6. The standard InChI is InChI=1S/C23H20FN3O4S/c1-12-17(22(30)31-2)18(13-7-9-15(28)10-8-13)19-20(25-12)26-23(27-21(19)29)32-11-14-5-3-4-6-16(14)24/h3-10,18,28H,11H2,1-2H3,(H2,25,26,27,29). The number of H-pyrrole nitrogens is 1. The zero-order valence-electron chi connectivity index (χ0n) is 17.3. The fourth-order valence-corrected chi connectivity index (χ4v) is 4.49. The highest BCUT2D eigenvalue weighted by Crippen LogP contribution is 2.40. The third-order valence-electron chi connectivity index (χ3n) is 5.17. The van der Waals surface area contributed by atoms with Crippen molar-refractivity contribution >= 4 is 23.5 Å². The molecule has 1 atom stereocenters. The molecule has 0 spiro atoms. The molecule has 3 aromatic rings. The Labute approximate surface area is 187 Å². The largest absolute Gasteiger partial charge is 0.508 e. The van der Waals surface area contributed by atoms with E-state index in [2.05, 4.69) is 15.3 Å². The van der Waals surface area contributed by atoms with Crippen LogP contribution in [0.1, 0.15) is 29.5 Å². The highest BCUT2D eigenvalue weighted by molar-refractivity contribution is 7.98. The Balaban J connectivity index is 1.76. The van der Waals surface area contributed by atoms with Crippen LogP contribution in [0.2, 0.25) is 0 Å². The zero-order chi connectivity index (χ0) is 22.8. The molecule has 1 aliphatic heterocycles. The Kier molecular flexibility index (Phi) is 6.00. The summed E-state index contributed by atoms with van der Waals surface area (Å²) in [7, 11) is 1.27. The molecule has 0 fully saturated rings. The molecule has 0 aliphatic carbocycles. The molecule has 0 amide bonds. The normalized spacial score (nSPS) is 15.2. The van der Waals surface area contributed by atoms with Crippen LogP contribution in [0.25, 0.3) is 0 Å². The first-order chi connectivity index (χ1) is 15.4. The van der Waals surface area contributed by atoms with Crippen LogP contribution < -0.4 is 10.9 Å². The smallest absolute Gasteiger partial charge is 0.336 e. The number of aromatic hydroxyl groups is 1. The van der Waals surface area contributed by atoms with E-state index in [-0.39, 0.29) is 28.5 Å². The summed E-state index contributed by atoms with van der Waals surface area (Å²) in [5, 5.41) is 13.0. The lowest BCUT2D eigenvalue weighted by molar-refractivity contribution is -0.136. The molecule has 0 saturated heterocycles. The number of hydrogen-bond donors (Lipinski definition) is 3. The van der Waals surface area contributed by atoms with Crippen molar-refractivity contribution in [1.29, 1.82) is 0 Å². The number of benzene rings is 2. The molecular formula is C23H20FN3O4S. The van der Waals surface area contributed by atoms with Gasteiger partial charge in [-0.2, -0.15) is 0 Å². The molecule has 9 heteroatoms. The Morgan fingerprint density at radius 2 is 1.94 bits per heavy atom. The lowest BCUT2D eigenvalue weighted by atomic mass is 9.82. The fraction of sp³-hybridized carbons (Fsp3) is 0.174. The number of ether oxygens (including phenoxy) is 1. The van der Waals surface area contributed by atoms with Gasteiger partial charge in [0.15, 0.2) is 5.16 Å². The van der Waals surface area contributed by atoms with Crippen molar-refractivity contribution in [3.05, 3.63) is 92.7 Å². The first-order valence-corrected chi connectivity index (χ1v) is 10.7. The second kappa shape index (κ2) is 8.88.